The fourth-order valence-electron chi connectivity index (χ4n) is 1.48. The third-order valence-corrected chi connectivity index (χ3v) is 3.57. The molecule has 7 nitrogen and oxygen atoms in total. The zero-order valence-corrected chi connectivity index (χ0v) is 11.7. The van der Waals surface area contributed by atoms with E-state index in [2.05, 4.69) is 10.1 Å². The zero-order valence-electron chi connectivity index (χ0n) is 10.9. The van der Waals surface area contributed by atoms with Gasteiger partial charge in [0.1, 0.15) is 12.1 Å². The van der Waals surface area contributed by atoms with E-state index in [1.807, 2.05) is 0 Å². The minimum Gasteiger partial charge on any atom is -0.480 e. The van der Waals surface area contributed by atoms with Gasteiger partial charge >= 0.3 is 11.9 Å². The Morgan fingerprint density at radius 3 is 2.70 bits per heavy atom. The zero-order chi connectivity index (χ0) is 15.1. The lowest BCUT2D eigenvalue weighted by molar-refractivity contribution is -0.144. The molecule has 1 aromatic rings. The van der Waals surface area contributed by atoms with Crippen LogP contribution in [-0.2, 0) is 19.1 Å². The second-order valence-corrected chi connectivity index (χ2v) is 4.99. The van der Waals surface area contributed by atoms with Gasteiger partial charge in [-0.1, -0.05) is 6.07 Å². The van der Waals surface area contributed by atoms with Crippen molar-refractivity contribution in [1.29, 1.82) is 0 Å². The highest BCUT2D eigenvalue weighted by atomic mass is 32.1. The van der Waals surface area contributed by atoms with E-state index in [9.17, 15) is 14.4 Å². The first-order valence-corrected chi connectivity index (χ1v) is 6.72. The lowest BCUT2D eigenvalue weighted by Gasteiger charge is -2.16. The summed E-state index contributed by atoms with van der Waals surface area (Å²) in [6, 6.07) is 1.35. The Labute approximate surface area is 119 Å². The molecule has 0 aliphatic heterocycles. The summed E-state index contributed by atoms with van der Waals surface area (Å²) in [6.45, 7) is 0. The molecular formula is C12H16N2O5S. The molecule has 0 radical (unpaired) electrons. The quantitative estimate of drug-likeness (QED) is 0.622. The van der Waals surface area contributed by atoms with E-state index >= 15 is 0 Å². The van der Waals surface area contributed by atoms with Gasteiger partial charge in [0.15, 0.2) is 0 Å². The standard InChI is InChI=1S/C12H16N2O5S/c1-19-9(15)5-4-7(12(17)18)14-11(16)10(13)8-3-2-6-20-8/h2-3,6-7,10H,4-5,13H2,1H3,(H,14,16)(H,17,18). The van der Waals surface area contributed by atoms with E-state index in [1.165, 1.54) is 18.4 Å². The maximum Gasteiger partial charge on any atom is 0.326 e. The number of hydrogen-bond donors (Lipinski definition) is 3. The molecule has 1 amide bonds. The molecule has 0 aliphatic rings. The summed E-state index contributed by atoms with van der Waals surface area (Å²) in [5, 5.41) is 13.1. The van der Waals surface area contributed by atoms with E-state index in [1.54, 1.807) is 17.5 Å². The molecule has 8 heteroatoms. The first kappa shape index (κ1) is 16.1. The lowest BCUT2D eigenvalue weighted by Crippen LogP contribution is -2.45. The summed E-state index contributed by atoms with van der Waals surface area (Å²) < 4.78 is 4.42. The number of carbonyl (C=O) groups is 3. The average Bonchev–Trinajstić information content (AvgIpc) is 2.95. The van der Waals surface area contributed by atoms with Crippen LogP contribution < -0.4 is 11.1 Å². The highest BCUT2D eigenvalue weighted by Crippen LogP contribution is 2.17. The van der Waals surface area contributed by atoms with Crippen LogP contribution in [0.15, 0.2) is 17.5 Å². The van der Waals surface area contributed by atoms with Crippen molar-refractivity contribution in [2.45, 2.75) is 24.9 Å². The molecule has 1 aromatic heterocycles. The fourth-order valence-corrected chi connectivity index (χ4v) is 2.21. The number of aliphatic carboxylic acids is 1. The van der Waals surface area contributed by atoms with Gasteiger partial charge in [0.05, 0.1) is 7.11 Å². The molecule has 1 rings (SSSR count). The first-order valence-electron chi connectivity index (χ1n) is 5.84. The summed E-state index contributed by atoms with van der Waals surface area (Å²) in [6.07, 6.45) is -0.146. The Balaban J connectivity index is 2.59. The van der Waals surface area contributed by atoms with Crippen molar-refractivity contribution in [2.75, 3.05) is 7.11 Å². The summed E-state index contributed by atoms with van der Waals surface area (Å²) in [5.74, 6) is -2.35. The number of nitrogens with two attached hydrogens (primary N) is 1. The molecule has 0 saturated heterocycles. The summed E-state index contributed by atoms with van der Waals surface area (Å²) in [7, 11) is 1.21. The van der Waals surface area contributed by atoms with Gasteiger partial charge < -0.3 is 20.9 Å². The number of nitrogens with one attached hydrogen (secondary N) is 1. The van der Waals surface area contributed by atoms with Crippen molar-refractivity contribution in [2.24, 2.45) is 5.73 Å². The van der Waals surface area contributed by atoms with Crippen molar-refractivity contribution >= 4 is 29.2 Å². The van der Waals surface area contributed by atoms with Crippen molar-refractivity contribution in [3.05, 3.63) is 22.4 Å². The van der Waals surface area contributed by atoms with Gasteiger partial charge in [-0.2, -0.15) is 0 Å². The normalized spacial score (nSPS) is 13.3. The van der Waals surface area contributed by atoms with Crippen LogP contribution in [0.2, 0.25) is 0 Å². The average molecular weight is 300 g/mol. The molecule has 0 spiro atoms. The van der Waals surface area contributed by atoms with Gasteiger partial charge in [0.25, 0.3) is 0 Å². The number of carbonyl (C=O) groups excluding carboxylic acids is 2. The predicted octanol–water partition coefficient (Wildman–Crippen LogP) is 0.270. The number of hydrogen-bond acceptors (Lipinski definition) is 6. The smallest absolute Gasteiger partial charge is 0.326 e. The van der Waals surface area contributed by atoms with Crippen LogP contribution in [0.1, 0.15) is 23.8 Å². The van der Waals surface area contributed by atoms with Gasteiger partial charge in [-0.25, -0.2) is 4.79 Å². The Kier molecular flexibility index (Phi) is 6.13. The van der Waals surface area contributed by atoms with Gasteiger partial charge in [0, 0.05) is 11.3 Å². The van der Waals surface area contributed by atoms with Crippen LogP contribution in [0.4, 0.5) is 0 Å². The van der Waals surface area contributed by atoms with E-state index in [4.69, 9.17) is 10.8 Å². The molecule has 0 aliphatic carbocycles. The molecule has 0 fully saturated rings. The predicted molar refractivity (Wildman–Crippen MR) is 72.1 cm³/mol. The highest BCUT2D eigenvalue weighted by molar-refractivity contribution is 7.10. The van der Waals surface area contributed by atoms with Gasteiger partial charge in [0.2, 0.25) is 5.91 Å². The molecule has 2 atom stereocenters. The maximum absolute atomic E-state index is 11.9. The van der Waals surface area contributed by atoms with Crippen LogP contribution in [0.3, 0.4) is 0 Å². The number of carboxylic acid groups (broad SMARTS) is 1. The van der Waals surface area contributed by atoms with E-state index in [0.717, 1.165) is 0 Å². The number of methoxy groups -OCH3 is 1. The van der Waals surface area contributed by atoms with E-state index in [-0.39, 0.29) is 12.8 Å². The molecule has 0 aromatic carbocycles. The number of ether oxygens (including phenoxy) is 1. The summed E-state index contributed by atoms with van der Waals surface area (Å²) >= 11 is 1.31. The minimum absolute atomic E-state index is 0.0507. The van der Waals surface area contributed by atoms with Crippen LogP contribution >= 0.6 is 11.3 Å². The number of thiophene rings is 1. The second-order valence-electron chi connectivity index (χ2n) is 4.01. The molecule has 2 unspecified atom stereocenters. The van der Waals surface area contributed by atoms with Crippen LogP contribution in [-0.4, -0.2) is 36.1 Å². The number of amides is 1. The minimum atomic E-state index is -1.22. The molecule has 20 heavy (non-hydrogen) atoms. The highest BCUT2D eigenvalue weighted by Gasteiger charge is 2.25. The molecule has 110 valence electrons. The SMILES string of the molecule is COC(=O)CCC(NC(=O)C(N)c1cccs1)C(=O)O. The molecule has 1 heterocycles. The van der Waals surface area contributed by atoms with Gasteiger partial charge in [-0.3, -0.25) is 9.59 Å². The van der Waals surface area contributed by atoms with Crippen LogP contribution in [0, 0.1) is 0 Å². The molecular weight excluding hydrogens is 284 g/mol. The Hall–Kier alpha value is -1.93. The number of rotatable bonds is 7. The Morgan fingerprint density at radius 2 is 2.20 bits per heavy atom. The first-order chi connectivity index (χ1) is 9.45. The molecule has 0 saturated carbocycles. The van der Waals surface area contributed by atoms with Crippen molar-refractivity contribution < 1.29 is 24.2 Å². The Bertz CT molecular complexity index is 474. The largest absolute Gasteiger partial charge is 0.480 e. The molecule has 4 N–H and O–H groups in total. The third-order valence-electron chi connectivity index (χ3n) is 2.61. The number of carboxylic acids is 1. The number of esters is 1. The lowest BCUT2D eigenvalue weighted by atomic mass is 10.1. The monoisotopic (exact) mass is 300 g/mol. The van der Waals surface area contributed by atoms with E-state index in [0.29, 0.717) is 4.88 Å². The van der Waals surface area contributed by atoms with E-state index < -0.39 is 29.9 Å². The maximum atomic E-state index is 11.9. The fraction of sp³-hybridized carbons (Fsp3) is 0.417. The summed E-state index contributed by atoms with van der Waals surface area (Å²) in [5.41, 5.74) is 5.73. The third kappa shape index (κ3) is 4.63. The van der Waals surface area contributed by atoms with Crippen LogP contribution in [0.25, 0.3) is 0 Å². The Morgan fingerprint density at radius 1 is 1.50 bits per heavy atom. The molecule has 0 bridgehead atoms. The van der Waals surface area contributed by atoms with Gasteiger partial charge in [-0.15, -0.1) is 11.3 Å². The summed E-state index contributed by atoms with van der Waals surface area (Å²) in [4.78, 5) is 34.5. The van der Waals surface area contributed by atoms with Crippen molar-refractivity contribution in [3.63, 3.8) is 0 Å². The van der Waals surface area contributed by atoms with Crippen molar-refractivity contribution in [1.82, 2.24) is 5.32 Å². The second kappa shape index (κ2) is 7.61. The van der Waals surface area contributed by atoms with Gasteiger partial charge in [-0.05, 0) is 17.9 Å². The van der Waals surface area contributed by atoms with Crippen LogP contribution in [0.5, 0.6) is 0 Å². The topological polar surface area (TPSA) is 119 Å². The van der Waals surface area contributed by atoms with Crippen molar-refractivity contribution in [3.8, 4) is 0 Å².